The van der Waals surface area contributed by atoms with Crippen LogP contribution in [-0.4, -0.2) is 23.1 Å². The molecule has 0 aromatic carbocycles. The van der Waals surface area contributed by atoms with Crippen LogP contribution >= 0.6 is 0 Å². The van der Waals surface area contributed by atoms with E-state index < -0.39 is 11.2 Å². The van der Waals surface area contributed by atoms with Gasteiger partial charge in [0.25, 0.3) is 0 Å². The first-order valence-corrected chi connectivity index (χ1v) is 8.87. The van der Waals surface area contributed by atoms with Gasteiger partial charge in [0, 0.05) is 17.6 Å². The molecule has 0 radical (unpaired) electrons. The zero-order valence-corrected chi connectivity index (χ0v) is 14.2. The van der Waals surface area contributed by atoms with E-state index in [-0.39, 0.29) is 11.9 Å². The lowest BCUT2D eigenvalue weighted by molar-refractivity contribution is -0.227. The van der Waals surface area contributed by atoms with E-state index in [4.69, 9.17) is 9.47 Å². The van der Waals surface area contributed by atoms with Crippen LogP contribution in [0.25, 0.3) is 0 Å². The standard InChI is InChI=1S/C20H24O4/c1-13(2)17(21)23-19-8-14-7-15(9-19)11-20(10-14,12-19)24-18(22)16-5-3-4-6-16/h3-5,14-15H,1,6-12H2,2H3. The number of hydrogen-bond acceptors (Lipinski definition) is 4. The van der Waals surface area contributed by atoms with Crippen molar-refractivity contribution >= 4 is 11.9 Å². The van der Waals surface area contributed by atoms with Crippen LogP contribution in [0.5, 0.6) is 0 Å². The number of carbonyl (C=O) groups excluding carboxylic acids is 2. The maximum atomic E-state index is 12.5. The van der Waals surface area contributed by atoms with Crippen LogP contribution in [0, 0.1) is 11.8 Å². The van der Waals surface area contributed by atoms with E-state index in [1.54, 1.807) is 6.92 Å². The van der Waals surface area contributed by atoms with Gasteiger partial charge in [-0.2, -0.15) is 0 Å². The Morgan fingerprint density at radius 3 is 2.29 bits per heavy atom. The van der Waals surface area contributed by atoms with E-state index in [9.17, 15) is 9.59 Å². The van der Waals surface area contributed by atoms with Gasteiger partial charge in [-0.15, -0.1) is 0 Å². The second kappa shape index (κ2) is 5.33. The summed E-state index contributed by atoms with van der Waals surface area (Å²) < 4.78 is 11.9. The summed E-state index contributed by atoms with van der Waals surface area (Å²) in [5, 5.41) is 0. The first kappa shape index (κ1) is 15.7. The Kier molecular flexibility index (Phi) is 3.48. The molecule has 0 aliphatic heterocycles. The molecule has 0 amide bonds. The summed E-state index contributed by atoms with van der Waals surface area (Å²) in [5.74, 6) is 0.435. The highest BCUT2D eigenvalue weighted by atomic mass is 16.6. The molecule has 24 heavy (non-hydrogen) atoms. The van der Waals surface area contributed by atoms with Crippen molar-refractivity contribution in [2.24, 2.45) is 11.8 Å². The Balaban J connectivity index is 1.55. The van der Waals surface area contributed by atoms with Crippen LogP contribution in [0.3, 0.4) is 0 Å². The lowest BCUT2D eigenvalue weighted by Gasteiger charge is -2.60. The number of ether oxygens (including phenoxy) is 2. The SMILES string of the molecule is C=C(C)C(=O)OC12CC3CC(C1)CC(OC(=O)C1=CC=CC1)(C3)C2. The van der Waals surface area contributed by atoms with Gasteiger partial charge in [-0.05, 0) is 57.3 Å². The van der Waals surface area contributed by atoms with Crippen molar-refractivity contribution in [3.05, 3.63) is 36.0 Å². The van der Waals surface area contributed by atoms with Crippen LogP contribution in [-0.2, 0) is 19.1 Å². The van der Waals surface area contributed by atoms with Gasteiger partial charge >= 0.3 is 11.9 Å². The maximum absolute atomic E-state index is 12.5. The largest absolute Gasteiger partial charge is 0.456 e. The predicted molar refractivity (Wildman–Crippen MR) is 89.0 cm³/mol. The molecule has 5 aliphatic rings. The predicted octanol–water partition coefficient (Wildman–Crippen LogP) is 3.63. The highest BCUT2D eigenvalue weighted by Gasteiger charge is 2.61. The van der Waals surface area contributed by atoms with E-state index in [1.165, 1.54) is 0 Å². The van der Waals surface area contributed by atoms with E-state index in [1.807, 2.05) is 18.2 Å². The average molecular weight is 328 g/mol. The zero-order valence-electron chi connectivity index (χ0n) is 14.2. The molecule has 4 nitrogen and oxygen atoms in total. The number of allylic oxidation sites excluding steroid dienone is 3. The summed E-state index contributed by atoms with van der Waals surface area (Å²) in [6, 6.07) is 0. The van der Waals surface area contributed by atoms with Crippen molar-refractivity contribution in [1.29, 1.82) is 0 Å². The van der Waals surface area contributed by atoms with Gasteiger partial charge in [-0.3, -0.25) is 0 Å². The van der Waals surface area contributed by atoms with Gasteiger partial charge in [0.05, 0.1) is 0 Å². The van der Waals surface area contributed by atoms with Crippen molar-refractivity contribution in [2.45, 2.75) is 63.1 Å². The van der Waals surface area contributed by atoms with Crippen molar-refractivity contribution < 1.29 is 19.1 Å². The summed E-state index contributed by atoms with van der Waals surface area (Å²) in [7, 11) is 0. The third-order valence-electron chi connectivity index (χ3n) is 5.95. The molecule has 2 unspecified atom stereocenters. The van der Waals surface area contributed by atoms with Gasteiger partial charge in [0.2, 0.25) is 0 Å². The van der Waals surface area contributed by atoms with Crippen LogP contribution in [0.15, 0.2) is 36.0 Å². The normalized spacial score (nSPS) is 38.8. The van der Waals surface area contributed by atoms with Crippen LogP contribution in [0.4, 0.5) is 0 Å². The first-order chi connectivity index (χ1) is 11.4. The number of hydrogen-bond donors (Lipinski definition) is 0. The molecule has 0 aromatic rings. The van der Waals surface area contributed by atoms with E-state index in [0.717, 1.165) is 37.7 Å². The van der Waals surface area contributed by atoms with Crippen molar-refractivity contribution in [3.63, 3.8) is 0 Å². The van der Waals surface area contributed by atoms with Crippen molar-refractivity contribution in [1.82, 2.24) is 0 Å². The third-order valence-corrected chi connectivity index (χ3v) is 5.95. The lowest BCUT2D eigenvalue weighted by atomic mass is 9.52. The van der Waals surface area contributed by atoms with Gasteiger partial charge in [-0.1, -0.05) is 24.8 Å². The summed E-state index contributed by atoms with van der Waals surface area (Å²) in [6.07, 6.45) is 11.7. The highest BCUT2D eigenvalue weighted by molar-refractivity contribution is 5.90. The minimum absolute atomic E-state index is 0.205. The van der Waals surface area contributed by atoms with E-state index in [0.29, 0.717) is 30.3 Å². The summed E-state index contributed by atoms with van der Waals surface area (Å²) in [4.78, 5) is 24.6. The second-order valence-electron chi connectivity index (χ2n) is 8.21. The second-order valence-corrected chi connectivity index (χ2v) is 8.21. The molecule has 0 aromatic heterocycles. The number of carbonyl (C=O) groups is 2. The Labute approximate surface area is 142 Å². The average Bonchev–Trinajstić information content (AvgIpc) is 2.98. The topological polar surface area (TPSA) is 52.6 Å². The Bertz CT molecular complexity index is 655. The molecule has 0 spiro atoms. The van der Waals surface area contributed by atoms with Gasteiger partial charge in [0.1, 0.15) is 11.2 Å². The van der Waals surface area contributed by atoms with Crippen molar-refractivity contribution in [3.8, 4) is 0 Å². The van der Waals surface area contributed by atoms with Gasteiger partial charge in [0.15, 0.2) is 0 Å². The molecule has 0 heterocycles. The molecule has 4 heteroatoms. The molecule has 0 saturated heterocycles. The fourth-order valence-electron chi connectivity index (χ4n) is 5.48. The third kappa shape index (κ3) is 2.62. The molecule has 5 aliphatic carbocycles. The van der Waals surface area contributed by atoms with E-state index >= 15 is 0 Å². The minimum Gasteiger partial charge on any atom is -0.456 e. The molecule has 0 N–H and O–H groups in total. The number of esters is 2. The Morgan fingerprint density at radius 1 is 1.12 bits per heavy atom. The summed E-state index contributed by atoms with van der Waals surface area (Å²) >= 11 is 0. The van der Waals surface area contributed by atoms with Crippen molar-refractivity contribution in [2.75, 3.05) is 0 Å². The molecular formula is C20H24O4. The minimum atomic E-state index is -0.470. The van der Waals surface area contributed by atoms with Crippen LogP contribution in [0.2, 0.25) is 0 Å². The highest BCUT2D eigenvalue weighted by Crippen LogP contribution is 2.60. The molecule has 2 atom stereocenters. The molecule has 4 bridgehead atoms. The molecular weight excluding hydrogens is 304 g/mol. The van der Waals surface area contributed by atoms with Crippen LogP contribution in [0.1, 0.15) is 51.9 Å². The molecule has 128 valence electrons. The fourth-order valence-corrected chi connectivity index (χ4v) is 5.48. The maximum Gasteiger partial charge on any atom is 0.334 e. The van der Waals surface area contributed by atoms with Gasteiger partial charge < -0.3 is 9.47 Å². The van der Waals surface area contributed by atoms with Gasteiger partial charge in [-0.25, -0.2) is 9.59 Å². The monoisotopic (exact) mass is 328 g/mol. The Morgan fingerprint density at radius 2 is 1.75 bits per heavy atom. The quantitative estimate of drug-likeness (QED) is 0.584. The first-order valence-electron chi connectivity index (χ1n) is 8.87. The summed E-state index contributed by atoms with van der Waals surface area (Å²) in [6.45, 7) is 5.38. The molecule has 4 fully saturated rings. The number of rotatable bonds is 4. The Hall–Kier alpha value is -1.84. The smallest absolute Gasteiger partial charge is 0.334 e. The fraction of sp³-hybridized carbons (Fsp3) is 0.600. The molecule has 4 saturated carbocycles. The van der Waals surface area contributed by atoms with Crippen LogP contribution < -0.4 is 0 Å². The molecule has 5 rings (SSSR count). The van der Waals surface area contributed by atoms with E-state index in [2.05, 4.69) is 6.58 Å². The zero-order chi connectivity index (χ0) is 16.9. The lowest BCUT2D eigenvalue weighted by Crippen LogP contribution is -2.61. The summed E-state index contributed by atoms with van der Waals surface area (Å²) in [5.41, 5.74) is 0.223.